The number of nitrogens with one attached hydrogen (secondary N) is 1. The molecule has 102 valence electrons. The maximum atomic E-state index is 13.2. The number of pyridine rings is 1. The molecule has 6 heteroatoms. The lowest BCUT2D eigenvalue weighted by Crippen LogP contribution is -2.22. The minimum absolute atomic E-state index is 0.0700. The molecule has 0 aliphatic heterocycles. The summed E-state index contributed by atoms with van der Waals surface area (Å²) in [5.74, 6) is 0. The van der Waals surface area contributed by atoms with Crippen molar-refractivity contribution < 1.29 is 8.78 Å². The molecule has 2 heterocycles. The second kappa shape index (κ2) is 5.88. The van der Waals surface area contributed by atoms with Crippen LogP contribution in [0.25, 0.3) is 5.69 Å². The normalized spacial score (nSPS) is 11.5. The summed E-state index contributed by atoms with van der Waals surface area (Å²) in [7, 11) is 0. The van der Waals surface area contributed by atoms with Crippen molar-refractivity contribution in [2.24, 2.45) is 0 Å². The molecule has 1 N–H and O–H groups in total. The van der Waals surface area contributed by atoms with Crippen molar-refractivity contribution in [3.05, 3.63) is 42.0 Å². The summed E-state index contributed by atoms with van der Waals surface area (Å²) in [5, 5.41) is 7.18. The monoisotopic (exact) mass is 266 g/mol. The van der Waals surface area contributed by atoms with Crippen molar-refractivity contribution in [1.29, 1.82) is 0 Å². The first-order valence-corrected chi connectivity index (χ1v) is 6.08. The van der Waals surface area contributed by atoms with Crippen LogP contribution in [0.5, 0.6) is 0 Å². The Morgan fingerprint density at radius 1 is 1.26 bits per heavy atom. The molecule has 2 aromatic rings. The highest BCUT2D eigenvalue weighted by Gasteiger charge is 2.20. The lowest BCUT2D eigenvalue weighted by atomic mass is 10.2. The molecule has 0 atom stereocenters. The van der Waals surface area contributed by atoms with Crippen molar-refractivity contribution in [3.8, 4) is 5.69 Å². The smallest absolute Gasteiger partial charge is 0.280 e. The predicted molar refractivity (Wildman–Crippen MR) is 68.3 cm³/mol. The van der Waals surface area contributed by atoms with Crippen LogP contribution in [0.3, 0.4) is 0 Å². The van der Waals surface area contributed by atoms with Gasteiger partial charge in [0.1, 0.15) is 5.69 Å². The Bertz CT molecular complexity index is 523. The summed E-state index contributed by atoms with van der Waals surface area (Å²) < 4.78 is 27.7. The molecule has 19 heavy (non-hydrogen) atoms. The van der Waals surface area contributed by atoms with Crippen molar-refractivity contribution in [2.45, 2.75) is 32.9 Å². The molecular formula is C13H16F2N4. The molecule has 0 bridgehead atoms. The van der Waals surface area contributed by atoms with E-state index in [-0.39, 0.29) is 11.7 Å². The molecule has 0 aliphatic carbocycles. The van der Waals surface area contributed by atoms with Crippen LogP contribution < -0.4 is 5.32 Å². The molecule has 0 aliphatic rings. The number of hydrogen-bond donors (Lipinski definition) is 1. The fourth-order valence-corrected chi connectivity index (χ4v) is 1.77. The summed E-state index contributed by atoms with van der Waals surface area (Å²) in [6.07, 6.45) is 2.02. The van der Waals surface area contributed by atoms with Gasteiger partial charge in [0.2, 0.25) is 0 Å². The van der Waals surface area contributed by atoms with E-state index >= 15 is 0 Å². The third-order valence-electron chi connectivity index (χ3n) is 2.70. The van der Waals surface area contributed by atoms with Crippen molar-refractivity contribution in [2.75, 3.05) is 0 Å². The molecule has 2 rings (SSSR count). The Morgan fingerprint density at radius 2 is 1.95 bits per heavy atom. The number of nitrogens with zero attached hydrogens (tertiary/aromatic N) is 3. The summed E-state index contributed by atoms with van der Waals surface area (Å²) in [6.45, 7) is 4.31. The van der Waals surface area contributed by atoms with Gasteiger partial charge in [0, 0.05) is 30.5 Å². The van der Waals surface area contributed by atoms with Crippen molar-refractivity contribution in [3.63, 3.8) is 0 Å². The number of alkyl halides is 2. The van der Waals surface area contributed by atoms with E-state index in [0.29, 0.717) is 17.8 Å². The molecular weight excluding hydrogens is 250 g/mol. The molecule has 0 saturated carbocycles. The van der Waals surface area contributed by atoms with Crippen LogP contribution in [0, 0.1) is 0 Å². The fraction of sp³-hybridized carbons (Fsp3) is 0.385. The van der Waals surface area contributed by atoms with Gasteiger partial charge in [0.25, 0.3) is 6.43 Å². The Hall–Kier alpha value is -1.82. The largest absolute Gasteiger partial charge is 0.310 e. The van der Waals surface area contributed by atoms with Crippen molar-refractivity contribution in [1.82, 2.24) is 20.1 Å². The topological polar surface area (TPSA) is 42.7 Å². The van der Waals surface area contributed by atoms with Gasteiger partial charge in [-0.15, -0.1) is 0 Å². The summed E-state index contributed by atoms with van der Waals surface area (Å²) >= 11 is 0. The highest BCUT2D eigenvalue weighted by atomic mass is 19.3. The highest BCUT2D eigenvalue weighted by Crippen LogP contribution is 2.25. The number of hydrogen-bond acceptors (Lipinski definition) is 3. The third-order valence-corrected chi connectivity index (χ3v) is 2.70. The Kier molecular flexibility index (Phi) is 4.21. The minimum atomic E-state index is -2.57. The second-order valence-electron chi connectivity index (χ2n) is 4.51. The SMILES string of the molecule is CC(C)NCc1cnn(-c2ccncc2)c1C(F)F. The third kappa shape index (κ3) is 3.14. The second-order valence-corrected chi connectivity index (χ2v) is 4.51. The standard InChI is InChI=1S/C13H16F2N4/c1-9(2)17-7-10-8-18-19(12(10)13(14)15)11-3-5-16-6-4-11/h3-6,8-9,13,17H,7H2,1-2H3. The van der Waals surface area contributed by atoms with E-state index in [1.807, 2.05) is 13.8 Å². The Balaban J connectivity index is 2.35. The Labute approximate surface area is 110 Å². The van der Waals surface area contributed by atoms with Gasteiger partial charge in [-0.3, -0.25) is 4.98 Å². The van der Waals surface area contributed by atoms with Gasteiger partial charge < -0.3 is 5.32 Å². The average Bonchev–Trinajstić information content (AvgIpc) is 2.81. The van der Waals surface area contributed by atoms with E-state index in [1.54, 1.807) is 24.5 Å². The van der Waals surface area contributed by atoms with Gasteiger partial charge in [0.05, 0.1) is 11.9 Å². The lowest BCUT2D eigenvalue weighted by Gasteiger charge is -2.10. The van der Waals surface area contributed by atoms with Crippen LogP contribution in [0.1, 0.15) is 31.5 Å². The molecule has 0 amide bonds. The predicted octanol–water partition coefficient (Wildman–Crippen LogP) is 2.70. The minimum Gasteiger partial charge on any atom is -0.310 e. The van der Waals surface area contributed by atoms with E-state index in [4.69, 9.17) is 0 Å². The first-order chi connectivity index (χ1) is 9.09. The maximum absolute atomic E-state index is 13.2. The number of halogens is 2. The molecule has 0 unspecified atom stereocenters. The highest BCUT2D eigenvalue weighted by molar-refractivity contribution is 5.34. The molecule has 2 aromatic heterocycles. The van der Waals surface area contributed by atoms with E-state index in [1.165, 1.54) is 10.9 Å². The molecule has 0 radical (unpaired) electrons. The van der Waals surface area contributed by atoms with E-state index in [0.717, 1.165) is 0 Å². The summed E-state index contributed by atoms with van der Waals surface area (Å²) in [6, 6.07) is 3.53. The maximum Gasteiger partial charge on any atom is 0.280 e. The van der Waals surface area contributed by atoms with E-state index < -0.39 is 6.43 Å². The van der Waals surface area contributed by atoms with Crippen LogP contribution >= 0.6 is 0 Å². The van der Waals surface area contributed by atoms with E-state index in [9.17, 15) is 8.78 Å². The van der Waals surface area contributed by atoms with Crippen LogP contribution in [0.2, 0.25) is 0 Å². The quantitative estimate of drug-likeness (QED) is 0.904. The first kappa shape index (κ1) is 13.6. The molecule has 0 spiro atoms. The zero-order valence-corrected chi connectivity index (χ0v) is 10.8. The number of rotatable bonds is 5. The fourth-order valence-electron chi connectivity index (χ4n) is 1.77. The molecule has 0 aromatic carbocycles. The van der Waals surface area contributed by atoms with Crippen LogP contribution in [0.4, 0.5) is 8.78 Å². The van der Waals surface area contributed by atoms with Gasteiger partial charge in [0.15, 0.2) is 0 Å². The van der Waals surface area contributed by atoms with Crippen LogP contribution in [-0.4, -0.2) is 20.8 Å². The summed E-state index contributed by atoms with van der Waals surface area (Å²) in [5.41, 5.74) is 1.03. The average molecular weight is 266 g/mol. The zero-order chi connectivity index (χ0) is 13.8. The van der Waals surface area contributed by atoms with Crippen LogP contribution in [-0.2, 0) is 6.54 Å². The molecule has 4 nitrogen and oxygen atoms in total. The number of aromatic nitrogens is 3. The molecule has 0 saturated heterocycles. The van der Waals surface area contributed by atoms with Gasteiger partial charge >= 0.3 is 0 Å². The van der Waals surface area contributed by atoms with Gasteiger partial charge in [-0.05, 0) is 12.1 Å². The van der Waals surface area contributed by atoms with Gasteiger partial charge in [-0.2, -0.15) is 5.10 Å². The lowest BCUT2D eigenvalue weighted by molar-refractivity contribution is 0.141. The van der Waals surface area contributed by atoms with E-state index in [2.05, 4.69) is 15.4 Å². The summed E-state index contributed by atoms with van der Waals surface area (Å²) in [4.78, 5) is 3.87. The zero-order valence-electron chi connectivity index (χ0n) is 10.8. The Morgan fingerprint density at radius 3 is 2.53 bits per heavy atom. The first-order valence-electron chi connectivity index (χ1n) is 6.08. The van der Waals surface area contributed by atoms with Gasteiger partial charge in [-0.1, -0.05) is 13.8 Å². The van der Waals surface area contributed by atoms with Crippen LogP contribution in [0.15, 0.2) is 30.7 Å². The molecule has 0 fully saturated rings. The van der Waals surface area contributed by atoms with Gasteiger partial charge in [-0.25, -0.2) is 13.5 Å². The van der Waals surface area contributed by atoms with Crippen molar-refractivity contribution >= 4 is 0 Å².